The van der Waals surface area contributed by atoms with Crippen molar-refractivity contribution in [3.63, 3.8) is 0 Å². The molecule has 1 aliphatic heterocycles. The minimum atomic E-state index is -0.105. The summed E-state index contributed by atoms with van der Waals surface area (Å²) in [6.07, 6.45) is 10.1. The molecular weight excluding hydrogens is 332 g/mol. The molecule has 0 spiro atoms. The minimum absolute atomic E-state index is 0.0306. The number of rotatable bonds is 7. The highest BCUT2D eigenvalue weighted by atomic mass is 16.2. The van der Waals surface area contributed by atoms with Crippen molar-refractivity contribution in [2.45, 2.75) is 51.7 Å². The lowest BCUT2D eigenvalue weighted by atomic mass is 10.1. The van der Waals surface area contributed by atoms with E-state index in [9.17, 15) is 9.59 Å². The number of aryl methyl sites for hydroxylation is 1. The smallest absolute Gasteiger partial charge is 0.223 e. The summed E-state index contributed by atoms with van der Waals surface area (Å²) in [5.41, 5.74) is 1.50. The Balaban J connectivity index is 1.59. The van der Waals surface area contributed by atoms with Crippen LogP contribution in [0.3, 0.4) is 0 Å². The fourth-order valence-electron chi connectivity index (χ4n) is 3.23. The molecule has 1 fully saturated rings. The van der Waals surface area contributed by atoms with Gasteiger partial charge in [-0.05, 0) is 25.3 Å². The molecule has 2 aromatic heterocycles. The Bertz CT molecular complexity index is 746. The number of carbonyl (C=O) groups excluding carboxylic acids is 2. The Morgan fingerprint density at radius 1 is 1.35 bits per heavy atom. The van der Waals surface area contributed by atoms with Crippen LogP contribution >= 0.6 is 0 Å². The van der Waals surface area contributed by atoms with E-state index in [0.717, 1.165) is 38.0 Å². The lowest BCUT2D eigenvalue weighted by molar-refractivity contribution is -0.132. The molecule has 1 saturated heterocycles. The molecule has 0 aromatic carbocycles. The van der Waals surface area contributed by atoms with Gasteiger partial charge >= 0.3 is 0 Å². The van der Waals surface area contributed by atoms with Gasteiger partial charge in [0.15, 0.2) is 0 Å². The Morgan fingerprint density at radius 3 is 3.00 bits per heavy atom. The standard InChI is InChI=1S/C18H24N6O2/c1-14(25)20-12-15-11-19-13-16(22-15)17-5-2-10-24(17)18(26)6-3-8-23-9-4-7-21-23/h4,7,9,11,13,17H,2-3,5-6,8,10,12H2,1H3,(H,20,25)/t17-/m0/s1. The van der Waals surface area contributed by atoms with Gasteiger partial charge in [-0.25, -0.2) is 0 Å². The van der Waals surface area contributed by atoms with Crippen LogP contribution in [0.1, 0.15) is 50.0 Å². The molecule has 3 heterocycles. The van der Waals surface area contributed by atoms with Crippen molar-refractivity contribution in [1.29, 1.82) is 0 Å². The number of aromatic nitrogens is 4. The van der Waals surface area contributed by atoms with Gasteiger partial charge in [-0.3, -0.25) is 24.2 Å². The fourth-order valence-corrected chi connectivity index (χ4v) is 3.23. The molecule has 1 atom stereocenters. The Morgan fingerprint density at radius 2 is 2.23 bits per heavy atom. The van der Waals surface area contributed by atoms with Crippen LogP contribution in [0.4, 0.5) is 0 Å². The molecule has 0 aliphatic carbocycles. The predicted octanol–water partition coefficient (Wildman–Crippen LogP) is 1.45. The average Bonchev–Trinajstić information content (AvgIpc) is 3.32. The minimum Gasteiger partial charge on any atom is -0.351 e. The first-order valence-electron chi connectivity index (χ1n) is 8.95. The van der Waals surface area contributed by atoms with Gasteiger partial charge in [0.25, 0.3) is 0 Å². The van der Waals surface area contributed by atoms with Crippen LogP contribution in [0.5, 0.6) is 0 Å². The van der Waals surface area contributed by atoms with E-state index in [0.29, 0.717) is 18.7 Å². The van der Waals surface area contributed by atoms with Crippen LogP contribution in [0.15, 0.2) is 30.9 Å². The molecular formula is C18H24N6O2. The van der Waals surface area contributed by atoms with E-state index < -0.39 is 0 Å². The maximum absolute atomic E-state index is 12.6. The lowest BCUT2D eigenvalue weighted by Gasteiger charge is -2.24. The van der Waals surface area contributed by atoms with Gasteiger partial charge in [-0.1, -0.05) is 0 Å². The number of nitrogens with one attached hydrogen (secondary N) is 1. The van der Waals surface area contributed by atoms with Crippen LogP contribution in [0.2, 0.25) is 0 Å². The molecule has 0 saturated carbocycles. The topological polar surface area (TPSA) is 93.0 Å². The number of hydrogen-bond acceptors (Lipinski definition) is 5. The van der Waals surface area contributed by atoms with Gasteiger partial charge in [0, 0.05) is 38.8 Å². The normalized spacial score (nSPS) is 16.7. The highest BCUT2D eigenvalue weighted by molar-refractivity contribution is 5.77. The number of carbonyl (C=O) groups is 2. The summed E-state index contributed by atoms with van der Waals surface area (Å²) in [7, 11) is 0. The molecule has 8 heteroatoms. The van der Waals surface area contributed by atoms with Gasteiger partial charge in [-0.2, -0.15) is 5.10 Å². The number of hydrogen-bond donors (Lipinski definition) is 1. The highest BCUT2D eigenvalue weighted by Crippen LogP contribution is 2.31. The van der Waals surface area contributed by atoms with Crippen molar-refractivity contribution in [3.05, 3.63) is 42.2 Å². The highest BCUT2D eigenvalue weighted by Gasteiger charge is 2.30. The van der Waals surface area contributed by atoms with Gasteiger partial charge in [0.1, 0.15) is 0 Å². The summed E-state index contributed by atoms with van der Waals surface area (Å²) >= 11 is 0. The van der Waals surface area contributed by atoms with Crippen molar-refractivity contribution in [2.24, 2.45) is 0 Å². The first kappa shape index (κ1) is 18.0. The molecule has 0 radical (unpaired) electrons. The Kier molecular flexibility index (Phi) is 5.93. The van der Waals surface area contributed by atoms with Crippen LogP contribution in [0, 0.1) is 0 Å². The van der Waals surface area contributed by atoms with Crippen LogP contribution in [-0.2, 0) is 22.7 Å². The van der Waals surface area contributed by atoms with E-state index in [4.69, 9.17) is 0 Å². The lowest BCUT2D eigenvalue weighted by Crippen LogP contribution is -2.31. The quantitative estimate of drug-likeness (QED) is 0.810. The predicted molar refractivity (Wildman–Crippen MR) is 94.7 cm³/mol. The van der Waals surface area contributed by atoms with Gasteiger partial charge in [-0.15, -0.1) is 0 Å². The molecule has 1 aliphatic rings. The molecule has 1 N–H and O–H groups in total. The molecule has 26 heavy (non-hydrogen) atoms. The van der Waals surface area contributed by atoms with E-state index in [2.05, 4.69) is 20.4 Å². The van der Waals surface area contributed by atoms with Crippen molar-refractivity contribution in [3.8, 4) is 0 Å². The zero-order valence-electron chi connectivity index (χ0n) is 15.0. The molecule has 2 aromatic rings. The molecule has 0 unspecified atom stereocenters. The maximum atomic E-state index is 12.6. The van der Waals surface area contributed by atoms with Gasteiger partial charge in [0.05, 0.1) is 36.4 Å². The number of amides is 2. The van der Waals surface area contributed by atoms with E-state index in [-0.39, 0.29) is 17.9 Å². The Labute approximate surface area is 152 Å². The number of likely N-dealkylation sites (tertiary alicyclic amines) is 1. The second-order valence-corrected chi connectivity index (χ2v) is 6.46. The summed E-state index contributed by atoms with van der Waals surface area (Å²) in [4.78, 5) is 34.5. The van der Waals surface area contributed by atoms with Gasteiger partial charge < -0.3 is 10.2 Å². The van der Waals surface area contributed by atoms with Crippen LogP contribution < -0.4 is 5.32 Å². The zero-order chi connectivity index (χ0) is 18.4. The third-order valence-electron chi connectivity index (χ3n) is 4.47. The molecule has 2 amide bonds. The summed E-state index contributed by atoms with van der Waals surface area (Å²) in [6.45, 7) is 3.31. The molecule has 0 bridgehead atoms. The van der Waals surface area contributed by atoms with Crippen molar-refractivity contribution < 1.29 is 9.59 Å². The van der Waals surface area contributed by atoms with Crippen molar-refractivity contribution in [1.82, 2.24) is 30.0 Å². The van der Waals surface area contributed by atoms with Crippen LogP contribution in [0.25, 0.3) is 0 Å². The third-order valence-corrected chi connectivity index (χ3v) is 4.47. The summed E-state index contributed by atoms with van der Waals surface area (Å²) < 4.78 is 1.84. The molecule has 3 rings (SSSR count). The van der Waals surface area contributed by atoms with E-state index in [1.165, 1.54) is 6.92 Å². The first-order chi connectivity index (χ1) is 12.6. The second kappa shape index (κ2) is 8.55. The molecule has 8 nitrogen and oxygen atoms in total. The average molecular weight is 356 g/mol. The Hall–Kier alpha value is -2.77. The van der Waals surface area contributed by atoms with Crippen molar-refractivity contribution >= 4 is 11.8 Å². The van der Waals surface area contributed by atoms with Crippen molar-refractivity contribution in [2.75, 3.05) is 6.54 Å². The number of nitrogens with zero attached hydrogens (tertiary/aromatic N) is 5. The maximum Gasteiger partial charge on any atom is 0.223 e. The largest absolute Gasteiger partial charge is 0.351 e. The van der Waals surface area contributed by atoms with E-state index >= 15 is 0 Å². The summed E-state index contributed by atoms with van der Waals surface area (Å²) in [6, 6.07) is 1.85. The zero-order valence-corrected chi connectivity index (χ0v) is 15.0. The third kappa shape index (κ3) is 4.65. The monoisotopic (exact) mass is 356 g/mol. The SMILES string of the molecule is CC(=O)NCc1cncc([C@@H]2CCCN2C(=O)CCCn2cccn2)n1. The molecule has 138 valence electrons. The fraction of sp³-hybridized carbons (Fsp3) is 0.500. The van der Waals surface area contributed by atoms with Crippen LogP contribution in [-0.4, -0.2) is 43.0 Å². The first-order valence-corrected chi connectivity index (χ1v) is 8.95. The second-order valence-electron chi connectivity index (χ2n) is 6.46. The van der Waals surface area contributed by atoms with Gasteiger partial charge in [0.2, 0.25) is 11.8 Å². The summed E-state index contributed by atoms with van der Waals surface area (Å²) in [5, 5.41) is 6.88. The van der Waals surface area contributed by atoms with E-state index in [1.54, 1.807) is 18.6 Å². The van der Waals surface area contributed by atoms with E-state index in [1.807, 2.05) is 21.8 Å². The summed E-state index contributed by atoms with van der Waals surface area (Å²) in [5.74, 6) is 0.0424.